The second-order valence-electron chi connectivity index (χ2n) is 9.57. The molecule has 1 aromatic carbocycles. The second kappa shape index (κ2) is 7.83. The van der Waals surface area contributed by atoms with Crippen molar-refractivity contribution >= 4 is 6.01 Å². The maximum Gasteiger partial charge on any atom is 0.318 e. The molecule has 0 unspecified atom stereocenters. The normalized spacial score (nSPS) is 29.0. The molecule has 8 heteroatoms. The van der Waals surface area contributed by atoms with Crippen LogP contribution in [0.2, 0.25) is 0 Å². The summed E-state index contributed by atoms with van der Waals surface area (Å²) in [6.07, 6.45) is 5.60. The van der Waals surface area contributed by atoms with Crippen molar-refractivity contribution in [2.24, 2.45) is 0 Å². The largest absolute Gasteiger partial charge is 0.411 e. The molecule has 31 heavy (non-hydrogen) atoms. The van der Waals surface area contributed by atoms with Crippen LogP contribution in [-0.4, -0.2) is 72.7 Å². The molecule has 4 aliphatic rings. The highest BCUT2D eigenvalue weighted by molar-refractivity contribution is 5.36. The summed E-state index contributed by atoms with van der Waals surface area (Å²) >= 11 is 0. The second-order valence-corrected chi connectivity index (χ2v) is 9.57. The summed E-state index contributed by atoms with van der Waals surface area (Å²) < 4.78 is 31.2. The van der Waals surface area contributed by atoms with Gasteiger partial charge < -0.3 is 18.8 Å². The van der Waals surface area contributed by atoms with Crippen molar-refractivity contribution in [3.8, 4) is 0 Å². The summed E-state index contributed by atoms with van der Waals surface area (Å²) in [6, 6.07) is 6.43. The molecule has 0 bridgehead atoms. The fraction of sp³-hybridized carbons (Fsp3) is 0.652. The van der Waals surface area contributed by atoms with Crippen molar-refractivity contribution in [3.05, 3.63) is 41.5 Å². The number of nitrogens with zero attached hydrogens (tertiary/aromatic N) is 4. The molecule has 2 aromatic rings. The van der Waals surface area contributed by atoms with Crippen molar-refractivity contribution in [1.29, 1.82) is 0 Å². The topological polar surface area (TPSA) is 63.9 Å². The monoisotopic (exact) mass is 428 g/mol. The number of anilines is 1. The van der Waals surface area contributed by atoms with Crippen molar-refractivity contribution in [2.75, 3.05) is 50.9 Å². The molecular formula is C23H29FN4O3. The summed E-state index contributed by atoms with van der Waals surface area (Å²) in [7, 11) is 0. The SMILES string of the molecule is Fc1ccc([C@@H]2CCOC2)c(C2CCN([C@@H]3COC4(C3)CN(c3nnco3)C4)CC2)c1. The molecule has 4 fully saturated rings. The molecule has 4 saturated heterocycles. The van der Waals surface area contributed by atoms with Crippen LogP contribution < -0.4 is 4.90 Å². The highest BCUT2D eigenvalue weighted by atomic mass is 19.1. The van der Waals surface area contributed by atoms with Crippen molar-refractivity contribution in [2.45, 2.75) is 49.2 Å². The lowest BCUT2D eigenvalue weighted by Gasteiger charge is -2.46. The Labute approximate surface area is 181 Å². The highest BCUT2D eigenvalue weighted by Gasteiger charge is 2.52. The first-order valence-electron chi connectivity index (χ1n) is 11.5. The molecule has 5 heterocycles. The molecule has 166 valence electrons. The van der Waals surface area contributed by atoms with Crippen LogP contribution in [0.15, 0.2) is 29.0 Å². The first-order valence-corrected chi connectivity index (χ1v) is 11.5. The van der Waals surface area contributed by atoms with Gasteiger partial charge in [0.1, 0.15) is 11.4 Å². The van der Waals surface area contributed by atoms with E-state index < -0.39 is 0 Å². The Morgan fingerprint density at radius 3 is 2.65 bits per heavy atom. The van der Waals surface area contributed by atoms with E-state index in [0.717, 1.165) is 71.7 Å². The summed E-state index contributed by atoms with van der Waals surface area (Å²) in [5.74, 6) is 0.717. The van der Waals surface area contributed by atoms with Gasteiger partial charge in [0.2, 0.25) is 6.39 Å². The third kappa shape index (κ3) is 3.64. The van der Waals surface area contributed by atoms with E-state index in [1.807, 2.05) is 6.07 Å². The van der Waals surface area contributed by atoms with E-state index in [1.165, 1.54) is 17.5 Å². The van der Waals surface area contributed by atoms with Crippen LogP contribution in [0.3, 0.4) is 0 Å². The Morgan fingerprint density at radius 2 is 1.90 bits per heavy atom. The number of halogens is 1. The first kappa shape index (κ1) is 19.6. The number of hydrogen-bond acceptors (Lipinski definition) is 7. The third-order valence-corrected chi connectivity index (χ3v) is 7.67. The van der Waals surface area contributed by atoms with Gasteiger partial charge in [-0.15, -0.1) is 5.10 Å². The molecule has 6 rings (SSSR count). The molecule has 1 spiro atoms. The van der Waals surface area contributed by atoms with Crippen LogP contribution in [0.5, 0.6) is 0 Å². The maximum atomic E-state index is 14.1. The Morgan fingerprint density at radius 1 is 1.03 bits per heavy atom. The van der Waals surface area contributed by atoms with E-state index in [2.05, 4.69) is 20.0 Å². The molecule has 7 nitrogen and oxygen atoms in total. The molecule has 0 N–H and O–H groups in total. The molecule has 1 aromatic heterocycles. The van der Waals surface area contributed by atoms with Gasteiger partial charge in [0.15, 0.2) is 0 Å². The zero-order chi connectivity index (χ0) is 20.8. The standard InChI is InChI=1S/C23H29FN4O3/c24-18-1-2-20(17-5-8-29-11-17)21(9-18)16-3-6-27(7-4-16)19-10-23(31-12-19)13-28(14-23)22-26-25-15-30-22/h1-2,9,15-17,19H,3-8,10-14H2/t17-,19+/m1/s1. The molecule has 0 amide bonds. The maximum absolute atomic E-state index is 14.1. The Hall–Kier alpha value is -2.03. The number of piperidine rings is 1. The average Bonchev–Trinajstić information content (AvgIpc) is 3.54. The quantitative estimate of drug-likeness (QED) is 0.742. The number of ether oxygens (including phenoxy) is 2. The van der Waals surface area contributed by atoms with E-state index in [1.54, 1.807) is 12.1 Å². The van der Waals surface area contributed by atoms with Gasteiger partial charge >= 0.3 is 6.01 Å². The zero-order valence-corrected chi connectivity index (χ0v) is 17.7. The number of rotatable bonds is 4. The van der Waals surface area contributed by atoms with Gasteiger partial charge in [-0.2, -0.15) is 0 Å². The number of hydrogen-bond donors (Lipinski definition) is 0. The van der Waals surface area contributed by atoms with Gasteiger partial charge in [0.25, 0.3) is 0 Å². The smallest absolute Gasteiger partial charge is 0.318 e. The van der Waals surface area contributed by atoms with Gasteiger partial charge in [0, 0.05) is 18.6 Å². The molecule has 4 aliphatic heterocycles. The summed E-state index contributed by atoms with van der Waals surface area (Å²) in [5, 5.41) is 7.75. The average molecular weight is 429 g/mol. The summed E-state index contributed by atoms with van der Waals surface area (Å²) in [6.45, 7) is 6.08. The van der Waals surface area contributed by atoms with E-state index in [0.29, 0.717) is 23.9 Å². The Bertz CT molecular complexity index is 904. The lowest BCUT2D eigenvalue weighted by Crippen LogP contribution is -2.62. The van der Waals surface area contributed by atoms with Gasteiger partial charge in [-0.1, -0.05) is 11.2 Å². The molecule has 2 atom stereocenters. The summed E-state index contributed by atoms with van der Waals surface area (Å²) in [4.78, 5) is 4.66. The predicted octanol–water partition coefficient (Wildman–Crippen LogP) is 2.94. The fourth-order valence-corrected chi connectivity index (χ4v) is 5.99. The molecular weight excluding hydrogens is 399 g/mol. The highest BCUT2D eigenvalue weighted by Crippen LogP contribution is 2.41. The number of aromatic nitrogens is 2. The minimum atomic E-state index is -0.123. The van der Waals surface area contributed by atoms with Gasteiger partial charge in [0.05, 0.1) is 26.3 Å². The van der Waals surface area contributed by atoms with E-state index in [-0.39, 0.29) is 11.4 Å². The van der Waals surface area contributed by atoms with E-state index in [9.17, 15) is 4.39 Å². The molecule has 0 aliphatic carbocycles. The van der Waals surface area contributed by atoms with E-state index in [4.69, 9.17) is 13.9 Å². The Balaban J connectivity index is 1.07. The van der Waals surface area contributed by atoms with Crippen LogP contribution >= 0.6 is 0 Å². The van der Waals surface area contributed by atoms with Crippen molar-refractivity contribution in [1.82, 2.24) is 15.1 Å². The fourth-order valence-electron chi connectivity index (χ4n) is 5.99. The van der Waals surface area contributed by atoms with Gasteiger partial charge in [-0.05, 0) is 68.0 Å². The molecule has 0 saturated carbocycles. The van der Waals surface area contributed by atoms with Crippen LogP contribution in [-0.2, 0) is 9.47 Å². The lowest BCUT2D eigenvalue weighted by atomic mass is 9.81. The van der Waals surface area contributed by atoms with E-state index >= 15 is 0 Å². The third-order valence-electron chi connectivity index (χ3n) is 7.67. The van der Waals surface area contributed by atoms with Gasteiger partial charge in [-0.3, -0.25) is 4.90 Å². The van der Waals surface area contributed by atoms with Crippen molar-refractivity contribution in [3.63, 3.8) is 0 Å². The lowest BCUT2D eigenvalue weighted by molar-refractivity contribution is -0.0216. The van der Waals surface area contributed by atoms with Crippen LogP contribution in [0.1, 0.15) is 48.6 Å². The molecule has 0 radical (unpaired) electrons. The van der Waals surface area contributed by atoms with Crippen LogP contribution in [0, 0.1) is 5.82 Å². The minimum Gasteiger partial charge on any atom is -0.411 e. The number of benzene rings is 1. The first-order chi connectivity index (χ1) is 15.2. The van der Waals surface area contributed by atoms with Crippen LogP contribution in [0.25, 0.3) is 0 Å². The number of likely N-dealkylation sites (tertiary alicyclic amines) is 1. The Kier molecular flexibility index (Phi) is 4.96. The van der Waals surface area contributed by atoms with Crippen molar-refractivity contribution < 1.29 is 18.3 Å². The predicted molar refractivity (Wildman–Crippen MR) is 112 cm³/mol. The van der Waals surface area contributed by atoms with Gasteiger partial charge in [-0.25, -0.2) is 4.39 Å². The van der Waals surface area contributed by atoms with Crippen LogP contribution in [0.4, 0.5) is 10.4 Å². The minimum absolute atomic E-state index is 0.0752. The zero-order valence-electron chi connectivity index (χ0n) is 17.7. The summed E-state index contributed by atoms with van der Waals surface area (Å²) in [5.41, 5.74) is 2.44.